The summed E-state index contributed by atoms with van der Waals surface area (Å²) in [6.45, 7) is 4.99. The van der Waals surface area contributed by atoms with Gasteiger partial charge in [-0.05, 0) is 43.9 Å². The Kier molecular flexibility index (Phi) is 3.72. The molecule has 1 fully saturated rings. The zero-order chi connectivity index (χ0) is 12.4. The maximum atomic E-state index is 12.0. The molecule has 1 heterocycles. The molecule has 1 amide bonds. The van der Waals surface area contributed by atoms with Gasteiger partial charge in [0.05, 0.1) is 0 Å². The van der Waals surface area contributed by atoms with E-state index >= 15 is 0 Å². The van der Waals surface area contributed by atoms with Crippen LogP contribution in [0.15, 0.2) is 24.3 Å². The van der Waals surface area contributed by atoms with Crippen molar-refractivity contribution < 1.29 is 4.79 Å². The van der Waals surface area contributed by atoms with E-state index in [0.29, 0.717) is 18.4 Å². The lowest BCUT2D eigenvalue weighted by atomic mass is 9.88. The molecule has 1 aromatic carbocycles. The molecule has 0 N–H and O–H groups in total. The molecule has 1 aliphatic heterocycles. The van der Waals surface area contributed by atoms with Crippen molar-refractivity contribution in [3.8, 4) is 0 Å². The number of carbonyl (C=O) groups is 1. The minimum atomic E-state index is 0.260. The highest BCUT2D eigenvalue weighted by Crippen LogP contribution is 2.30. The molecule has 92 valence electrons. The van der Waals surface area contributed by atoms with Crippen LogP contribution >= 0.6 is 11.6 Å². The Morgan fingerprint density at radius 1 is 1.41 bits per heavy atom. The van der Waals surface area contributed by atoms with Crippen molar-refractivity contribution >= 4 is 17.5 Å². The van der Waals surface area contributed by atoms with Gasteiger partial charge in [-0.1, -0.05) is 23.7 Å². The minimum Gasteiger partial charge on any atom is -0.340 e. The van der Waals surface area contributed by atoms with Gasteiger partial charge in [0.25, 0.3) is 0 Å². The summed E-state index contributed by atoms with van der Waals surface area (Å²) in [5.41, 5.74) is 1.19. The van der Waals surface area contributed by atoms with Crippen molar-refractivity contribution in [2.24, 2.45) is 0 Å². The zero-order valence-electron chi connectivity index (χ0n) is 10.3. The number of hydrogen-bond donors (Lipinski definition) is 0. The third-order valence-electron chi connectivity index (χ3n) is 3.40. The first-order chi connectivity index (χ1) is 8.08. The Labute approximate surface area is 108 Å². The van der Waals surface area contributed by atoms with Crippen LogP contribution in [0.1, 0.15) is 38.2 Å². The van der Waals surface area contributed by atoms with Gasteiger partial charge in [-0.15, -0.1) is 0 Å². The van der Waals surface area contributed by atoms with Gasteiger partial charge in [0.1, 0.15) is 0 Å². The quantitative estimate of drug-likeness (QED) is 0.788. The topological polar surface area (TPSA) is 20.3 Å². The lowest BCUT2D eigenvalue weighted by Gasteiger charge is -2.34. The van der Waals surface area contributed by atoms with Crippen LogP contribution in [0.3, 0.4) is 0 Å². The molecule has 0 bridgehead atoms. The molecule has 1 unspecified atom stereocenters. The predicted molar refractivity (Wildman–Crippen MR) is 70.3 cm³/mol. The van der Waals surface area contributed by atoms with Gasteiger partial charge >= 0.3 is 0 Å². The van der Waals surface area contributed by atoms with Crippen molar-refractivity contribution in [3.63, 3.8) is 0 Å². The maximum absolute atomic E-state index is 12.0. The molecule has 2 rings (SSSR count). The smallest absolute Gasteiger partial charge is 0.223 e. The van der Waals surface area contributed by atoms with E-state index in [1.165, 1.54) is 5.56 Å². The fraction of sp³-hybridized carbons (Fsp3) is 0.500. The molecule has 0 aliphatic carbocycles. The highest BCUT2D eigenvalue weighted by Gasteiger charge is 2.28. The van der Waals surface area contributed by atoms with Crippen LogP contribution in [0.25, 0.3) is 0 Å². The van der Waals surface area contributed by atoms with E-state index in [4.69, 9.17) is 11.6 Å². The van der Waals surface area contributed by atoms with Gasteiger partial charge in [0, 0.05) is 24.0 Å². The van der Waals surface area contributed by atoms with Crippen molar-refractivity contribution in [1.82, 2.24) is 4.90 Å². The molecule has 1 saturated heterocycles. The van der Waals surface area contributed by atoms with Crippen LogP contribution in [0.5, 0.6) is 0 Å². The van der Waals surface area contributed by atoms with Crippen LogP contribution in [0.2, 0.25) is 5.02 Å². The molecule has 0 saturated carbocycles. The summed E-state index contributed by atoms with van der Waals surface area (Å²) in [6.07, 6.45) is 1.64. The lowest BCUT2D eigenvalue weighted by Crippen LogP contribution is -2.42. The second-order valence-electron chi connectivity index (χ2n) is 4.93. The summed E-state index contributed by atoms with van der Waals surface area (Å²) < 4.78 is 0. The Morgan fingerprint density at radius 3 is 2.76 bits per heavy atom. The average molecular weight is 252 g/mol. The van der Waals surface area contributed by atoms with Gasteiger partial charge in [-0.25, -0.2) is 0 Å². The van der Waals surface area contributed by atoms with E-state index in [-0.39, 0.29) is 5.91 Å². The number of benzene rings is 1. The summed E-state index contributed by atoms with van der Waals surface area (Å²) in [5.74, 6) is 0.590. The van der Waals surface area contributed by atoms with Gasteiger partial charge < -0.3 is 4.90 Å². The fourth-order valence-electron chi connectivity index (χ4n) is 2.44. The molecule has 1 aliphatic rings. The van der Waals surface area contributed by atoms with Crippen molar-refractivity contribution in [2.45, 2.75) is 38.6 Å². The molecule has 0 spiro atoms. The molecule has 17 heavy (non-hydrogen) atoms. The molecular weight excluding hydrogens is 234 g/mol. The summed E-state index contributed by atoms with van der Waals surface area (Å²) >= 11 is 5.98. The molecule has 2 nitrogen and oxygen atoms in total. The number of rotatable bonds is 2. The van der Waals surface area contributed by atoms with E-state index < -0.39 is 0 Å². The Bertz CT molecular complexity index is 416. The van der Waals surface area contributed by atoms with Crippen molar-refractivity contribution in [2.75, 3.05) is 6.54 Å². The normalized spacial score (nSPS) is 21.1. The van der Waals surface area contributed by atoms with E-state index in [9.17, 15) is 4.79 Å². The van der Waals surface area contributed by atoms with Crippen LogP contribution < -0.4 is 0 Å². The van der Waals surface area contributed by atoms with Gasteiger partial charge in [-0.3, -0.25) is 4.79 Å². The monoisotopic (exact) mass is 251 g/mol. The number of amides is 1. The highest BCUT2D eigenvalue weighted by molar-refractivity contribution is 6.30. The van der Waals surface area contributed by atoms with Crippen molar-refractivity contribution in [3.05, 3.63) is 34.9 Å². The van der Waals surface area contributed by atoms with E-state index in [1.54, 1.807) is 0 Å². The molecule has 0 radical (unpaired) electrons. The molecule has 1 atom stereocenters. The number of piperidine rings is 1. The van der Waals surface area contributed by atoms with Crippen LogP contribution in [-0.4, -0.2) is 23.4 Å². The lowest BCUT2D eigenvalue weighted by molar-refractivity contribution is -0.135. The largest absolute Gasteiger partial charge is 0.340 e. The third kappa shape index (κ3) is 2.81. The maximum Gasteiger partial charge on any atom is 0.223 e. The Hall–Kier alpha value is -1.02. The fourth-order valence-corrected chi connectivity index (χ4v) is 2.64. The summed E-state index contributed by atoms with van der Waals surface area (Å²) in [6, 6.07) is 8.18. The van der Waals surface area contributed by atoms with Gasteiger partial charge in [0.2, 0.25) is 5.91 Å². The number of nitrogens with zero attached hydrogens (tertiary/aromatic N) is 1. The Morgan fingerprint density at radius 2 is 2.18 bits per heavy atom. The first-order valence-electron chi connectivity index (χ1n) is 6.13. The van der Waals surface area contributed by atoms with Crippen molar-refractivity contribution in [1.29, 1.82) is 0 Å². The Balaban J connectivity index is 2.09. The molecular formula is C14H18ClNO. The highest BCUT2D eigenvalue weighted by atomic mass is 35.5. The van der Waals surface area contributed by atoms with Gasteiger partial charge in [0.15, 0.2) is 0 Å². The van der Waals surface area contributed by atoms with E-state index in [2.05, 4.69) is 19.9 Å². The van der Waals surface area contributed by atoms with Crippen LogP contribution in [0.4, 0.5) is 0 Å². The number of carbonyl (C=O) groups excluding carboxylic acids is 1. The molecule has 3 heteroatoms. The number of halogens is 1. The van der Waals surface area contributed by atoms with Gasteiger partial charge in [-0.2, -0.15) is 0 Å². The zero-order valence-corrected chi connectivity index (χ0v) is 11.1. The molecule has 0 aromatic heterocycles. The first kappa shape index (κ1) is 12.4. The number of likely N-dealkylation sites (tertiary alicyclic amines) is 1. The summed E-state index contributed by atoms with van der Waals surface area (Å²) in [5, 5.41) is 0.751. The standard InChI is InChI=1S/C14H18ClNO/c1-10(2)16-7-6-12(9-14(16)17)11-4-3-5-13(15)8-11/h3-5,8,10,12H,6-7,9H2,1-2H3. The summed E-state index contributed by atoms with van der Waals surface area (Å²) in [7, 11) is 0. The van der Waals surface area contributed by atoms with E-state index in [1.807, 2.05) is 23.1 Å². The number of hydrogen-bond acceptors (Lipinski definition) is 1. The van der Waals surface area contributed by atoms with Crippen LogP contribution in [0, 0.1) is 0 Å². The average Bonchev–Trinajstić information content (AvgIpc) is 2.28. The SMILES string of the molecule is CC(C)N1CCC(c2cccc(Cl)c2)CC1=O. The first-order valence-corrected chi connectivity index (χ1v) is 6.50. The third-order valence-corrected chi connectivity index (χ3v) is 3.64. The minimum absolute atomic E-state index is 0.260. The second-order valence-corrected chi connectivity index (χ2v) is 5.36. The predicted octanol–water partition coefficient (Wildman–Crippen LogP) is 3.45. The summed E-state index contributed by atoms with van der Waals surface area (Å²) in [4.78, 5) is 14.0. The van der Waals surface area contributed by atoms with E-state index in [0.717, 1.165) is 18.0 Å². The van der Waals surface area contributed by atoms with Crippen LogP contribution in [-0.2, 0) is 4.79 Å². The second kappa shape index (κ2) is 5.09. The molecule has 1 aromatic rings.